The molecule has 1 aliphatic heterocycles. The largest absolute Gasteiger partial charge is 0.493 e. The quantitative estimate of drug-likeness (QED) is 0.821. The monoisotopic (exact) mass is 336 g/mol. The maximum atomic E-state index is 12.2. The van der Waals surface area contributed by atoms with E-state index in [0.717, 1.165) is 54.9 Å². The van der Waals surface area contributed by atoms with Crippen LogP contribution >= 0.6 is 15.9 Å². The molecule has 0 amide bonds. The molecule has 2 nitrogen and oxygen atoms in total. The lowest BCUT2D eigenvalue weighted by molar-refractivity contribution is -0.125. The zero-order chi connectivity index (χ0) is 14.1. The summed E-state index contributed by atoms with van der Waals surface area (Å²) in [6.07, 6.45) is 5.92. The first-order valence-corrected chi connectivity index (χ1v) is 8.43. The van der Waals surface area contributed by atoms with Crippen LogP contribution in [0.5, 0.6) is 5.75 Å². The third kappa shape index (κ3) is 2.78. The Balaban J connectivity index is 1.82. The molecule has 0 N–H and O–H groups in total. The molecule has 2 unspecified atom stereocenters. The highest BCUT2D eigenvalue weighted by Gasteiger charge is 2.29. The number of carbonyl (C=O) groups is 1. The zero-order valence-corrected chi connectivity index (χ0v) is 13.5. The highest BCUT2D eigenvalue weighted by molar-refractivity contribution is 9.10. The number of hydrogen-bond acceptors (Lipinski definition) is 2. The lowest BCUT2D eigenvalue weighted by Crippen LogP contribution is -2.26. The Bertz CT molecular complexity index is 524. The molecule has 0 saturated heterocycles. The third-order valence-corrected chi connectivity index (χ3v) is 5.20. The predicted octanol–water partition coefficient (Wildman–Crippen LogP) is 4.32. The molecule has 0 radical (unpaired) electrons. The normalized spacial score (nSPS) is 25.4. The van der Waals surface area contributed by atoms with Gasteiger partial charge in [0.1, 0.15) is 11.5 Å². The van der Waals surface area contributed by atoms with Gasteiger partial charge in [0.2, 0.25) is 0 Å². The summed E-state index contributed by atoms with van der Waals surface area (Å²) in [5, 5.41) is 0. The van der Waals surface area contributed by atoms with Crippen LogP contribution in [0.2, 0.25) is 0 Å². The van der Waals surface area contributed by atoms with Crippen molar-refractivity contribution in [1.82, 2.24) is 0 Å². The predicted molar refractivity (Wildman–Crippen MR) is 83.2 cm³/mol. The summed E-state index contributed by atoms with van der Waals surface area (Å²) < 4.78 is 6.89. The van der Waals surface area contributed by atoms with Crippen molar-refractivity contribution in [3.8, 4) is 5.75 Å². The van der Waals surface area contributed by atoms with Crippen molar-refractivity contribution in [2.45, 2.75) is 45.4 Å². The minimum Gasteiger partial charge on any atom is -0.493 e. The van der Waals surface area contributed by atoms with Crippen molar-refractivity contribution in [1.29, 1.82) is 0 Å². The van der Waals surface area contributed by atoms with Gasteiger partial charge in [-0.1, -0.05) is 29.3 Å². The van der Waals surface area contributed by atoms with E-state index in [-0.39, 0.29) is 5.92 Å². The van der Waals surface area contributed by atoms with E-state index in [1.807, 2.05) is 0 Å². The Labute approximate surface area is 129 Å². The average molecular weight is 337 g/mol. The van der Waals surface area contributed by atoms with E-state index in [9.17, 15) is 4.79 Å². The van der Waals surface area contributed by atoms with Crippen LogP contribution in [-0.4, -0.2) is 12.4 Å². The zero-order valence-electron chi connectivity index (χ0n) is 12.0. The third-order valence-electron chi connectivity index (χ3n) is 4.74. The van der Waals surface area contributed by atoms with E-state index < -0.39 is 0 Å². The summed E-state index contributed by atoms with van der Waals surface area (Å²) in [5.41, 5.74) is 2.49. The van der Waals surface area contributed by atoms with Crippen LogP contribution < -0.4 is 4.74 Å². The summed E-state index contributed by atoms with van der Waals surface area (Å²) in [6, 6.07) is 4.27. The summed E-state index contributed by atoms with van der Waals surface area (Å²) in [7, 11) is 0. The van der Waals surface area contributed by atoms with E-state index in [1.165, 1.54) is 17.5 Å². The second-order valence-corrected chi connectivity index (χ2v) is 6.98. The van der Waals surface area contributed by atoms with Gasteiger partial charge < -0.3 is 4.74 Å². The number of fused-ring (bicyclic) bond motifs is 1. The SMILES string of the molecule is CCC1CCC(=O)C(Cc2cc(Br)cc3c2OCC3)C1. The molecule has 1 aromatic carbocycles. The van der Waals surface area contributed by atoms with E-state index in [2.05, 4.69) is 35.0 Å². The van der Waals surface area contributed by atoms with Crippen LogP contribution in [-0.2, 0) is 17.6 Å². The molecule has 108 valence electrons. The molecular weight excluding hydrogens is 316 g/mol. The van der Waals surface area contributed by atoms with Crippen LogP contribution in [0.25, 0.3) is 0 Å². The first kappa shape index (κ1) is 14.1. The molecule has 0 bridgehead atoms. The number of hydrogen-bond donors (Lipinski definition) is 0. The van der Waals surface area contributed by atoms with Crippen molar-refractivity contribution < 1.29 is 9.53 Å². The Kier molecular flexibility index (Phi) is 4.16. The van der Waals surface area contributed by atoms with Gasteiger partial charge in [0.15, 0.2) is 0 Å². The molecule has 3 rings (SSSR count). The molecule has 2 atom stereocenters. The van der Waals surface area contributed by atoms with E-state index in [0.29, 0.717) is 5.78 Å². The number of carbonyl (C=O) groups excluding carboxylic acids is 1. The molecule has 1 heterocycles. The summed E-state index contributed by atoms with van der Waals surface area (Å²) >= 11 is 3.58. The fraction of sp³-hybridized carbons (Fsp3) is 0.588. The number of ketones is 1. The molecule has 2 aliphatic rings. The molecule has 1 saturated carbocycles. The minimum absolute atomic E-state index is 0.191. The number of rotatable bonds is 3. The molecule has 1 aliphatic carbocycles. The Hall–Kier alpha value is -0.830. The Morgan fingerprint density at radius 2 is 2.20 bits per heavy atom. The highest BCUT2D eigenvalue weighted by atomic mass is 79.9. The van der Waals surface area contributed by atoms with Crippen molar-refractivity contribution in [3.63, 3.8) is 0 Å². The second kappa shape index (κ2) is 5.88. The van der Waals surface area contributed by atoms with Gasteiger partial charge >= 0.3 is 0 Å². The lowest BCUT2D eigenvalue weighted by Gasteiger charge is -2.27. The average Bonchev–Trinajstić information content (AvgIpc) is 2.89. The van der Waals surface area contributed by atoms with Gasteiger partial charge in [0, 0.05) is 23.2 Å². The van der Waals surface area contributed by atoms with Crippen molar-refractivity contribution in [3.05, 3.63) is 27.7 Å². The standard InChI is InChI=1S/C17H21BrO2/c1-2-11-3-4-16(19)13(7-11)8-14-10-15(18)9-12-5-6-20-17(12)14/h9-11,13H,2-8H2,1H3. The molecule has 20 heavy (non-hydrogen) atoms. The van der Waals surface area contributed by atoms with E-state index in [4.69, 9.17) is 4.74 Å². The fourth-order valence-electron chi connectivity index (χ4n) is 3.53. The van der Waals surface area contributed by atoms with Crippen LogP contribution in [0.15, 0.2) is 16.6 Å². The van der Waals surface area contributed by atoms with E-state index in [1.54, 1.807) is 0 Å². The van der Waals surface area contributed by atoms with Crippen molar-refractivity contribution >= 4 is 21.7 Å². The minimum atomic E-state index is 0.191. The maximum absolute atomic E-state index is 12.2. The second-order valence-electron chi connectivity index (χ2n) is 6.07. The number of halogens is 1. The molecule has 1 aromatic rings. The van der Waals surface area contributed by atoms with Crippen LogP contribution in [0.1, 0.15) is 43.7 Å². The number of ether oxygens (including phenoxy) is 1. The number of Topliss-reactive ketones (excluding diaryl/α,β-unsaturated/α-hetero) is 1. The van der Waals surface area contributed by atoms with Gasteiger partial charge in [-0.05, 0) is 48.4 Å². The first-order chi connectivity index (χ1) is 9.67. The lowest BCUT2D eigenvalue weighted by atomic mass is 9.76. The van der Waals surface area contributed by atoms with Gasteiger partial charge in [-0.25, -0.2) is 0 Å². The number of benzene rings is 1. The molecule has 0 aromatic heterocycles. The Morgan fingerprint density at radius 3 is 3.00 bits per heavy atom. The molecule has 1 fully saturated rings. The summed E-state index contributed by atoms with van der Waals surface area (Å²) in [4.78, 5) is 12.2. The molecule has 0 spiro atoms. The summed E-state index contributed by atoms with van der Waals surface area (Å²) in [5.74, 6) is 2.40. The Morgan fingerprint density at radius 1 is 1.35 bits per heavy atom. The maximum Gasteiger partial charge on any atom is 0.136 e. The van der Waals surface area contributed by atoms with Gasteiger partial charge in [-0.2, -0.15) is 0 Å². The van der Waals surface area contributed by atoms with Gasteiger partial charge in [0.05, 0.1) is 6.61 Å². The van der Waals surface area contributed by atoms with Crippen LogP contribution in [0, 0.1) is 11.8 Å². The van der Waals surface area contributed by atoms with E-state index >= 15 is 0 Å². The molecule has 3 heteroatoms. The van der Waals surface area contributed by atoms with Gasteiger partial charge in [-0.15, -0.1) is 0 Å². The molecular formula is C17H21BrO2. The topological polar surface area (TPSA) is 26.3 Å². The van der Waals surface area contributed by atoms with Gasteiger partial charge in [0.25, 0.3) is 0 Å². The summed E-state index contributed by atoms with van der Waals surface area (Å²) in [6.45, 7) is 3.01. The fourth-order valence-corrected chi connectivity index (χ4v) is 4.09. The van der Waals surface area contributed by atoms with Crippen molar-refractivity contribution in [2.75, 3.05) is 6.61 Å². The van der Waals surface area contributed by atoms with Crippen molar-refractivity contribution in [2.24, 2.45) is 11.8 Å². The van der Waals surface area contributed by atoms with Crippen LogP contribution in [0.4, 0.5) is 0 Å². The highest BCUT2D eigenvalue weighted by Crippen LogP contribution is 2.37. The first-order valence-electron chi connectivity index (χ1n) is 7.64. The smallest absolute Gasteiger partial charge is 0.136 e. The van der Waals surface area contributed by atoms with Crippen LogP contribution in [0.3, 0.4) is 0 Å². The van der Waals surface area contributed by atoms with Gasteiger partial charge in [-0.3, -0.25) is 4.79 Å².